The van der Waals surface area contributed by atoms with E-state index in [0.29, 0.717) is 6.42 Å². The highest BCUT2D eigenvalue weighted by Crippen LogP contribution is 2.41. The second kappa shape index (κ2) is 3.36. The van der Waals surface area contributed by atoms with E-state index in [1.54, 1.807) is 0 Å². The van der Waals surface area contributed by atoms with Crippen LogP contribution in [-0.2, 0) is 9.59 Å². The SMILES string of the molecule is CC1CC(C(=O)O)C(C(=O)O)C1C. The maximum atomic E-state index is 10.8. The maximum absolute atomic E-state index is 10.8. The smallest absolute Gasteiger partial charge is 0.307 e. The molecule has 4 heteroatoms. The van der Waals surface area contributed by atoms with Crippen LogP contribution in [-0.4, -0.2) is 22.2 Å². The van der Waals surface area contributed by atoms with Gasteiger partial charge in [-0.15, -0.1) is 0 Å². The first-order chi connectivity index (χ1) is 5.95. The first-order valence-corrected chi connectivity index (χ1v) is 4.40. The molecule has 1 fully saturated rings. The van der Waals surface area contributed by atoms with Gasteiger partial charge in [0.1, 0.15) is 0 Å². The molecule has 0 spiro atoms. The van der Waals surface area contributed by atoms with Gasteiger partial charge in [0.15, 0.2) is 0 Å². The van der Waals surface area contributed by atoms with Gasteiger partial charge in [0.25, 0.3) is 0 Å². The summed E-state index contributed by atoms with van der Waals surface area (Å²) in [5.41, 5.74) is 0. The molecule has 0 bridgehead atoms. The van der Waals surface area contributed by atoms with Crippen LogP contribution in [0.1, 0.15) is 20.3 Å². The number of carboxylic acids is 2. The van der Waals surface area contributed by atoms with Crippen molar-refractivity contribution in [2.24, 2.45) is 23.7 Å². The van der Waals surface area contributed by atoms with Crippen molar-refractivity contribution in [2.75, 3.05) is 0 Å². The quantitative estimate of drug-likeness (QED) is 0.676. The molecule has 4 atom stereocenters. The standard InChI is InChI=1S/C9H14O4/c1-4-3-6(8(10)11)7(5(4)2)9(12)13/h4-7H,3H2,1-2H3,(H,10,11)(H,12,13). The lowest BCUT2D eigenvalue weighted by Gasteiger charge is -2.15. The predicted molar refractivity (Wildman–Crippen MR) is 45.2 cm³/mol. The van der Waals surface area contributed by atoms with E-state index in [4.69, 9.17) is 10.2 Å². The van der Waals surface area contributed by atoms with Gasteiger partial charge in [-0.1, -0.05) is 13.8 Å². The molecule has 0 saturated heterocycles. The third-order valence-electron chi connectivity index (χ3n) is 3.13. The number of hydrogen-bond donors (Lipinski definition) is 2. The maximum Gasteiger partial charge on any atom is 0.307 e. The predicted octanol–water partition coefficient (Wildman–Crippen LogP) is 1.06. The Labute approximate surface area is 76.6 Å². The summed E-state index contributed by atoms with van der Waals surface area (Å²) < 4.78 is 0. The Balaban J connectivity index is 2.86. The summed E-state index contributed by atoms with van der Waals surface area (Å²) in [6.07, 6.45) is 0.480. The number of carboxylic acid groups (broad SMARTS) is 2. The topological polar surface area (TPSA) is 74.6 Å². The van der Waals surface area contributed by atoms with Crippen LogP contribution >= 0.6 is 0 Å². The van der Waals surface area contributed by atoms with Gasteiger partial charge in [-0.05, 0) is 18.3 Å². The molecule has 0 amide bonds. The fourth-order valence-corrected chi connectivity index (χ4v) is 2.13. The number of hydrogen-bond acceptors (Lipinski definition) is 2. The minimum absolute atomic E-state index is 0.0430. The molecular formula is C9H14O4. The Morgan fingerprint density at radius 1 is 1.15 bits per heavy atom. The van der Waals surface area contributed by atoms with Crippen molar-refractivity contribution in [2.45, 2.75) is 20.3 Å². The van der Waals surface area contributed by atoms with Crippen LogP contribution in [0.4, 0.5) is 0 Å². The molecule has 0 heterocycles. The molecule has 1 saturated carbocycles. The van der Waals surface area contributed by atoms with Crippen molar-refractivity contribution < 1.29 is 19.8 Å². The van der Waals surface area contributed by atoms with E-state index in [-0.39, 0.29) is 11.8 Å². The third kappa shape index (κ3) is 1.66. The number of aliphatic carboxylic acids is 2. The Kier molecular flexibility index (Phi) is 2.59. The van der Waals surface area contributed by atoms with Gasteiger partial charge in [-0.3, -0.25) is 9.59 Å². The Hall–Kier alpha value is -1.06. The van der Waals surface area contributed by atoms with Crippen molar-refractivity contribution >= 4 is 11.9 Å². The minimum Gasteiger partial charge on any atom is -0.481 e. The summed E-state index contributed by atoms with van der Waals surface area (Å²) >= 11 is 0. The molecule has 0 aromatic carbocycles. The second-order valence-electron chi connectivity index (χ2n) is 3.88. The molecule has 0 aromatic heterocycles. The second-order valence-corrected chi connectivity index (χ2v) is 3.88. The average molecular weight is 186 g/mol. The Morgan fingerprint density at radius 2 is 1.69 bits per heavy atom. The molecular weight excluding hydrogens is 172 g/mol. The highest BCUT2D eigenvalue weighted by atomic mass is 16.4. The number of carbonyl (C=O) groups is 2. The van der Waals surface area contributed by atoms with Crippen molar-refractivity contribution in [3.63, 3.8) is 0 Å². The fraction of sp³-hybridized carbons (Fsp3) is 0.778. The van der Waals surface area contributed by atoms with Gasteiger partial charge in [0.2, 0.25) is 0 Å². The molecule has 74 valence electrons. The summed E-state index contributed by atoms with van der Waals surface area (Å²) in [4.78, 5) is 21.6. The van der Waals surface area contributed by atoms with E-state index in [1.165, 1.54) is 0 Å². The van der Waals surface area contributed by atoms with Crippen LogP contribution in [0, 0.1) is 23.7 Å². The van der Waals surface area contributed by atoms with Gasteiger partial charge in [-0.2, -0.15) is 0 Å². The lowest BCUT2D eigenvalue weighted by atomic mass is 9.89. The van der Waals surface area contributed by atoms with Crippen LogP contribution in [0.25, 0.3) is 0 Å². The summed E-state index contributed by atoms with van der Waals surface area (Å²) in [6, 6.07) is 0. The van der Waals surface area contributed by atoms with Gasteiger partial charge in [0, 0.05) is 0 Å². The van der Waals surface area contributed by atoms with Crippen molar-refractivity contribution in [3.8, 4) is 0 Å². The summed E-state index contributed by atoms with van der Waals surface area (Å²) in [5.74, 6) is -3.25. The first-order valence-electron chi connectivity index (χ1n) is 4.40. The van der Waals surface area contributed by atoms with Crippen LogP contribution in [0.2, 0.25) is 0 Å². The van der Waals surface area contributed by atoms with Crippen LogP contribution in [0.15, 0.2) is 0 Å². The van der Waals surface area contributed by atoms with Crippen LogP contribution in [0.3, 0.4) is 0 Å². The molecule has 1 aliphatic carbocycles. The first kappa shape index (κ1) is 10.0. The zero-order valence-corrected chi connectivity index (χ0v) is 7.73. The molecule has 0 radical (unpaired) electrons. The van der Waals surface area contributed by atoms with Crippen molar-refractivity contribution in [3.05, 3.63) is 0 Å². The third-order valence-corrected chi connectivity index (χ3v) is 3.13. The highest BCUT2D eigenvalue weighted by Gasteiger charge is 2.46. The lowest BCUT2D eigenvalue weighted by Crippen LogP contribution is -2.28. The molecule has 1 aliphatic rings. The molecule has 1 rings (SSSR count). The minimum atomic E-state index is -0.983. The lowest BCUT2D eigenvalue weighted by molar-refractivity contribution is -0.153. The molecule has 0 aromatic rings. The van der Waals surface area contributed by atoms with E-state index < -0.39 is 23.8 Å². The largest absolute Gasteiger partial charge is 0.481 e. The van der Waals surface area contributed by atoms with Crippen molar-refractivity contribution in [1.82, 2.24) is 0 Å². The molecule has 13 heavy (non-hydrogen) atoms. The highest BCUT2D eigenvalue weighted by molar-refractivity contribution is 5.81. The molecule has 2 N–H and O–H groups in total. The zero-order valence-electron chi connectivity index (χ0n) is 7.73. The summed E-state index contributed by atoms with van der Waals surface area (Å²) in [6.45, 7) is 3.72. The summed E-state index contributed by atoms with van der Waals surface area (Å²) in [7, 11) is 0. The van der Waals surface area contributed by atoms with Gasteiger partial charge >= 0.3 is 11.9 Å². The Morgan fingerprint density at radius 3 is 2.00 bits per heavy atom. The van der Waals surface area contributed by atoms with Gasteiger partial charge in [-0.25, -0.2) is 0 Å². The molecule has 4 nitrogen and oxygen atoms in total. The van der Waals surface area contributed by atoms with E-state index in [9.17, 15) is 9.59 Å². The van der Waals surface area contributed by atoms with Gasteiger partial charge < -0.3 is 10.2 Å². The van der Waals surface area contributed by atoms with Gasteiger partial charge in [0.05, 0.1) is 11.8 Å². The van der Waals surface area contributed by atoms with E-state index in [1.807, 2.05) is 13.8 Å². The molecule has 4 unspecified atom stereocenters. The normalized spacial score (nSPS) is 38.9. The summed E-state index contributed by atoms with van der Waals surface area (Å²) in [5, 5.41) is 17.7. The van der Waals surface area contributed by atoms with Crippen molar-refractivity contribution in [1.29, 1.82) is 0 Å². The zero-order chi connectivity index (χ0) is 10.2. The van der Waals surface area contributed by atoms with Crippen LogP contribution in [0.5, 0.6) is 0 Å². The number of rotatable bonds is 2. The Bertz CT molecular complexity index is 236. The fourth-order valence-electron chi connectivity index (χ4n) is 2.13. The van der Waals surface area contributed by atoms with E-state index in [2.05, 4.69) is 0 Å². The monoisotopic (exact) mass is 186 g/mol. The van der Waals surface area contributed by atoms with Crippen LogP contribution < -0.4 is 0 Å². The molecule has 0 aliphatic heterocycles. The van der Waals surface area contributed by atoms with E-state index >= 15 is 0 Å². The average Bonchev–Trinajstić information content (AvgIpc) is 2.28. The van der Waals surface area contributed by atoms with E-state index in [0.717, 1.165) is 0 Å².